The molecular weight excluding hydrogens is 442 g/mol. The molecule has 0 unspecified atom stereocenters. The molecule has 2 aliphatic heterocycles. The number of fused-ring (bicyclic) bond motifs is 1. The number of benzene rings is 2. The molecule has 1 amide bonds. The molecular formula is C19H15Cl2FN2O4S. The molecule has 0 aliphatic carbocycles. The molecule has 6 nitrogen and oxygen atoms in total. The molecule has 0 bridgehead atoms. The second-order valence-electron chi connectivity index (χ2n) is 6.48. The number of anilines is 2. The predicted molar refractivity (Wildman–Crippen MR) is 108 cm³/mol. The van der Waals surface area contributed by atoms with Crippen molar-refractivity contribution in [2.45, 2.75) is 4.90 Å². The quantitative estimate of drug-likeness (QED) is 0.687. The van der Waals surface area contributed by atoms with Crippen molar-refractivity contribution in [1.82, 2.24) is 4.90 Å². The van der Waals surface area contributed by atoms with Crippen molar-refractivity contribution in [2.75, 3.05) is 31.2 Å². The fraction of sp³-hybridized carbons (Fsp3) is 0.211. The number of hydrogen-bond acceptors (Lipinski definition) is 5. The number of sulfone groups is 1. The third-order valence-electron chi connectivity index (χ3n) is 4.70. The van der Waals surface area contributed by atoms with Crippen molar-refractivity contribution >= 4 is 50.3 Å². The summed E-state index contributed by atoms with van der Waals surface area (Å²) in [5.41, 5.74) is 0.640. The summed E-state index contributed by atoms with van der Waals surface area (Å²) < 4.78 is 45.3. The van der Waals surface area contributed by atoms with Crippen LogP contribution in [0.25, 0.3) is 0 Å². The number of ether oxygens (including phenoxy) is 1. The van der Waals surface area contributed by atoms with Crippen LogP contribution in [0.4, 0.5) is 15.8 Å². The van der Waals surface area contributed by atoms with Crippen LogP contribution in [0, 0.1) is 5.82 Å². The maximum absolute atomic E-state index is 13.6. The zero-order valence-corrected chi connectivity index (χ0v) is 17.3. The van der Waals surface area contributed by atoms with E-state index in [-0.39, 0.29) is 20.5 Å². The highest BCUT2D eigenvalue weighted by molar-refractivity contribution is 7.96. The highest BCUT2D eigenvalue weighted by Gasteiger charge is 2.38. The Bertz CT molecular complexity index is 1130. The van der Waals surface area contributed by atoms with Gasteiger partial charge in [-0.05, 0) is 36.4 Å². The predicted octanol–water partition coefficient (Wildman–Crippen LogP) is 3.76. The van der Waals surface area contributed by atoms with Crippen molar-refractivity contribution in [3.05, 3.63) is 63.4 Å². The van der Waals surface area contributed by atoms with Gasteiger partial charge in [-0.1, -0.05) is 23.2 Å². The highest BCUT2D eigenvalue weighted by Crippen LogP contribution is 2.42. The van der Waals surface area contributed by atoms with Crippen LogP contribution in [0.15, 0.2) is 52.4 Å². The van der Waals surface area contributed by atoms with Crippen molar-refractivity contribution in [1.29, 1.82) is 0 Å². The van der Waals surface area contributed by atoms with Gasteiger partial charge in [0.1, 0.15) is 5.82 Å². The van der Waals surface area contributed by atoms with Crippen LogP contribution in [-0.4, -0.2) is 45.5 Å². The molecule has 0 aromatic heterocycles. The van der Waals surface area contributed by atoms with E-state index in [0.29, 0.717) is 37.0 Å². The summed E-state index contributed by atoms with van der Waals surface area (Å²) in [6.07, 6.45) is 1.23. The fourth-order valence-electron chi connectivity index (χ4n) is 3.22. The number of amides is 1. The largest absolute Gasteiger partial charge is 0.378 e. The summed E-state index contributed by atoms with van der Waals surface area (Å²) in [6, 6.07) is 8.23. The van der Waals surface area contributed by atoms with Crippen molar-refractivity contribution in [2.24, 2.45) is 0 Å². The standard InChI is InChI=1S/C19H15Cl2FN2O4S/c20-12-1-4-17-16(9-12)24(13-2-3-15(22)14(21)10-13)11-18(29(17,26)27)19(25)23-5-7-28-8-6-23/h1-4,9-11H,5-8H2. The Morgan fingerprint density at radius 2 is 1.79 bits per heavy atom. The van der Waals surface area contributed by atoms with Gasteiger partial charge in [0.25, 0.3) is 5.91 Å². The van der Waals surface area contributed by atoms with Gasteiger partial charge in [-0.15, -0.1) is 0 Å². The summed E-state index contributed by atoms with van der Waals surface area (Å²) in [6.45, 7) is 1.26. The molecule has 2 heterocycles. The lowest BCUT2D eigenvalue weighted by molar-refractivity contribution is -0.130. The molecule has 0 saturated carbocycles. The Hall–Kier alpha value is -2.13. The maximum atomic E-state index is 13.6. The molecule has 2 aliphatic rings. The molecule has 0 radical (unpaired) electrons. The van der Waals surface area contributed by atoms with Crippen molar-refractivity contribution < 1.29 is 22.3 Å². The first-order valence-corrected chi connectivity index (χ1v) is 10.9. The van der Waals surface area contributed by atoms with E-state index in [9.17, 15) is 17.6 Å². The van der Waals surface area contributed by atoms with E-state index < -0.39 is 21.6 Å². The van der Waals surface area contributed by atoms with E-state index in [1.54, 1.807) is 0 Å². The molecule has 29 heavy (non-hydrogen) atoms. The van der Waals surface area contributed by atoms with Crippen LogP contribution < -0.4 is 4.90 Å². The van der Waals surface area contributed by atoms with E-state index in [0.717, 1.165) is 0 Å². The minimum absolute atomic E-state index is 0.0681. The number of halogens is 3. The van der Waals surface area contributed by atoms with Gasteiger partial charge < -0.3 is 14.5 Å². The number of carbonyl (C=O) groups excluding carboxylic acids is 1. The van der Waals surface area contributed by atoms with E-state index >= 15 is 0 Å². The van der Waals surface area contributed by atoms with Gasteiger partial charge in [-0.3, -0.25) is 4.79 Å². The molecule has 10 heteroatoms. The van der Waals surface area contributed by atoms with Crippen LogP contribution in [0.1, 0.15) is 0 Å². The van der Waals surface area contributed by atoms with Crippen LogP contribution >= 0.6 is 23.2 Å². The van der Waals surface area contributed by atoms with E-state index in [4.69, 9.17) is 27.9 Å². The zero-order valence-electron chi connectivity index (χ0n) is 14.9. The molecule has 0 atom stereocenters. The van der Waals surface area contributed by atoms with Crippen LogP contribution in [0.2, 0.25) is 10.0 Å². The van der Waals surface area contributed by atoms with Gasteiger partial charge in [0.15, 0.2) is 4.91 Å². The lowest BCUT2D eigenvalue weighted by Crippen LogP contribution is -2.43. The smallest absolute Gasteiger partial charge is 0.267 e. The Morgan fingerprint density at radius 3 is 2.48 bits per heavy atom. The molecule has 4 rings (SSSR count). The summed E-state index contributed by atoms with van der Waals surface area (Å²) >= 11 is 12.0. The normalized spacial score (nSPS) is 18.2. The molecule has 152 valence electrons. The number of hydrogen-bond donors (Lipinski definition) is 0. The minimum atomic E-state index is -4.09. The van der Waals surface area contributed by atoms with Crippen molar-refractivity contribution in [3.63, 3.8) is 0 Å². The lowest BCUT2D eigenvalue weighted by Gasteiger charge is -2.32. The molecule has 1 saturated heterocycles. The molecule has 2 aromatic carbocycles. The zero-order chi connectivity index (χ0) is 20.8. The van der Waals surface area contributed by atoms with Gasteiger partial charge in [0, 0.05) is 30.0 Å². The Balaban J connectivity index is 1.89. The average Bonchev–Trinajstić information content (AvgIpc) is 2.70. The van der Waals surface area contributed by atoms with Gasteiger partial charge >= 0.3 is 0 Å². The number of morpholine rings is 1. The van der Waals surface area contributed by atoms with Gasteiger partial charge in [-0.2, -0.15) is 0 Å². The fourth-order valence-corrected chi connectivity index (χ4v) is 5.08. The number of rotatable bonds is 2. The summed E-state index contributed by atoms with van der Waals surface area (Å²) in [5, 5.41) is 0.183. The molecule has 2 aromatic rings. The van der Waals surface area contributed by atoms with Crippen molar-refractivity contribution in [3.8, 4) is 0 Å². The Labute approximate surface area is 177 Å². The van der Waals surface area contributed by atoms with Gasteiger partial charge in [0.2, 0.25) is 9.84 Å². The van der Waals surface area contributed by atoms with Crippen LogP contribution in [0.3, 0.4) is 0 Å². The van der Waals surface area contributed by atoms with E-state index in [1.807, 2.05) is 0 Å². The highest BCUT2D eigenvalue weighted by atomic mass is 35.5. The number of carbonyl (C=O) groups is 1. The third kappa shape index (κ3) is 3.61. The SMILES string of the molecule is O=C(C1=CN(c2ccc(F)c(Cl)c2)c2cc(Cl)ccc2S1(=O)=O)N1CCOCC1. The lowest BCUT2D eigenvalue weighted by atomic mass is 10.2. The van der Waals surface area contributed by atoms with Gasteiger partial charge in [0.05, 0.1) is 28.8 Å². The Morgan fingerprint density at radius 1 is 1.07 bits per heavy atom. The summed E-state index contributed by atoms with van der Waals surface area (Å²) in [4.78, 5) is 15.5. The van der Waals surface area contributed by atoms with Crippen LogP contribution in [0.5, 0.6) is 0 Å². The first kappa shape index (κ1) is 20.2. The monoisotopic (exact) mass is 456 g/mol. The maximum Gasteiger partial charge on any atom is 0.267 e. The molecule has 0 N–H and O–H groups in total. The van der Waals surface area contributed by atoms with E-state index in [1.165, 1.54) is 52.4 Å². The molecule has 1 fully saturated rings. The second-order valence-corrected chi connectivity index (χ2v) is 9.21. The number of nitrogens with zero attached hydrogens (tertiary/aromatic N) is 2. The summed E-state index contributed by atoms with van der Waals surface area (Å²) in [5.74, 6) is -1.23. The first-order valence-electron chi connectivity index (χ1n) is 8.67. The minimum Gasteiger partial charge on any atom is -0.378 e. The van der Waals surface area contributed by atoms with Gasteiger partial charge in [-0.25, -0.2) is 12.8 Å². The Kier molecular flexibility index (Phi) is 5.29. The average molecular weight is 457 g/mol. The first-order chi connectivity index (χ1) is 13.8. The third-order valence-corrected chi connectivity index (χ3v) is 7.00. The summed E-state index contributed by atoms with van der Waals surface area (Å²) in [7, 11) is -4.09. The van der Waals surface area contributed by atoms with Crippen LogP contribution in [-0.2, 0) is 19.4 Å². The molecule has 0 spiro atoms. The van der Waals surface area contributed by atoms with E-state index in [2.05, 4.69) is 0 Å². The second kappa shape index (κ2) is 7.60. The topological polar surface area (TPSA) is 66.9 Å².